The van der Waals surface area contributed by atoms with E-state index in [1.807, 2.05) is 20.8 Å². The molecule has 0 aromatic heterocycles. The summed E-state index contributed by atoms with van der Waals surface area (Å²) < 4.78 is 35.0. The van der Waals surface area contributed by atoms with Gasteiger partial charge in [0, 0.05) is 24.0 Å². The first-order valence-electron chi connectivity index (χ1n) is 8.20. The van der Waals surface area contributed by atoms with Gasteiger partial charge in [-0.3, -0.25) is 4.18 Å². The maximum Gasteiger partial charge on any atom is 0.410 e. The van der Waals surface area contributed by atoms with E-state index in [0.29, 0.717) is 18.1 Å². The lowest BCUT2D eigenvalue weighted by molar-refractivity contribution is 0.0142. The van der Waals surface area contributed by atoms with E-state index in [2.05, 4.69) is 0 Å². The molecule has 1 aromatic carbocycles. The third kappa shape index (κ3) is 6.17. The van der Waals surface area contributed by atoms with Crippen molar-refractivity contribution in [2.75, 3.05) is 19.7 Å². The van der Waals surface area contributed by atoms with E-state index in [1.165, 1.54) is 24.3 Å². The topological polar surface area (TPSA) is 72.9 Å². The number of hydrogen-bond acceptors (Lipinski definition) is 5. The molecule has 0 unspecified atom stereocenters. The Bertz CT molecular complexity index is 697. The van der Waals surface area contributed by atoms with E-state index >= 15 is 0 Å². The highest BCUT2D eigenvalue weighted by Crippen LogP contribution is 2.22. The second-order valence-corrected chi connectivity index (χ2v) is 9.18. The summed E-state index contributed by atoms with van der Waals surface area (Å²) in [7, 11) is -3.84. The average Bonchev–Trinajstić information content (AvgIpc) is 2.52. The van der Waals surface area contributed by atoms with Crippen LogP contribution in [0.4, 0.5) is 4.79 Å². The summed E-state index contributed by atoms with van der Waals surface area (Å²) in [5.74, 6) is -0.0525. The van der Waals surface area contributed by atoms with Crippen molar-refractivity contribution < 1.29 is 22.1 Å². The second-order valence-electron chi connectivity index (χ2n) is 7.13. The van der Waals surface area contributed by atoms with Gasteiger partial charge in [-0.05, 0) is 57.9 Å². The standard InChI is InChI=1S/C17H24ClNO5S/c1-17(2,3)24-16(20)19-10-4-5-13(11-19)12-23-25(21,22)15-8-6-14(18)7-9-15/h6-9,13H,4-5,10-12H2,1-3H3/t13-/m0/s1. The molecule has 1 aliphatic heterocycles. The largest absolute Gasteiger partial charge is 0.444 e. The highest BCUT2D eigenvalue weighted by molar-refractivity contribution is 7.86. The van der Waals surface area contributed by atoms with Crippen molar-refractivity contribution in [3.05, 3.63) is 29.3 Å². The Morgan fingerprint density at radius 3 is 2.52 bits per heavy atom. The number of amides is 1. The molecule has 0 N–H and O–H groups in total. The van der Waals surface area contributed by atoms with Crippen LogP contribution in [-0.2, 0) is 19.0 Å². The van der Waals surface area contributed by atoms with E-state index in [1.54, 1.807) is 4.90 Å². The summed E-state index contributed by atoms with van der Waals surface area (Å²) >= 11 is 5.77. The number of benzene rings is 1. The molecule has 140 valence electrons. The van der Waals surface area contributed by atoms with Gasteiger partial charge in [0.1, 0.15) is 5.60 Å². The van der Waals surface area contributed by atoms with Crippen molar-refractivity contribution in [3.8, 4) is 0 Å². The monoisotopic (exact) mass is 389 g/mol. The van der Waals surface area contributed by atoms with Crippen LogP contribution in [-0.4, -0.2) is 44.7 Å². The van der Waals surface area contributed by atoms with Gasteiger partial charge in [0.15, 0.2) is 0 Å². The van der Waals surface area contributed by atoms with Gasteiger partial charge in [0.2, 0.25) is 0 Å². The summed E-state index contributed by atoms with van der Waals surface area (Å²) in [6.07, 6.45) is 1.21. The Hall–Kier alpha value is -1.31. The number of piperidine rings is 1. The summed E-state index contributed by atoms with van der Waals surface area (Å²) in [5, 5.41) is 0.458. The quantitative estimate of drug-likeness (QED) is 0.734. The number of carbonyl (C=O) groups is 1. The number of hydrogen-bond donors (Lipinski definition) is 0. The number of carbonyl (C=O) groups excluding carboxylic acids is 1. The molecule has 6 nitrogen and oxygen atoms in total. The Kier molecular flexibility index (Phi) is 6.35. The fourth-order valence-corrected chi connectivity index (χ4v) is 3.65. The van der Waals surface area contributed by atoms with E-state index in [9.17, 15) is 13.2 Å². The Labute approximate surface area is 154 Å². The molecular formula is C17H24ClNO5S. The van der Waals surface area contributed by atoms with Crippen LogP contribution in [0, 0.1) is 5.92 Å². The van der Waals surface area contributed by atoms with Crippen LogP contribution in [0.5, 0.6) is 0 Å². The number of likely N-dealkylation sites (tertiary alicyclic amines) is 1. The predicted molar refractivity (Wildman–Crippen MR) is 95.1 cm³/mol. The molecular weight excluding hydrogens is 366 g/mol. The molecule has 8 heteroatoms. The molecule has 1 saturated heterocycles. The molecule has 1 atom stereocenters. The Balaban J connectivity index is 1.92. The zero-order valence-electron chi connectivity index (χ0n) is 14.7. The van der Waals surface area contributed by atoms with Crippen molar-refractivity contribution in [2.24, 2.45) is 5.92 Å². The lowest BCUT2D eigenvalue weighted by atomic mass is 9.99. The fourth-order valence-electron chi connectivity index (χ4n) is 2.55. The first-order valence-corrected chi connectivity index (χ1v) is 9.98. The molecule has 1 fully saturated rings. The summed E-state index contributed by atoms with van der Waals surface area (Å²) in [6, 6.07) is 5.82. The van der Waals surface area contributed by atoms with E-state index in [-0.39, 0.29) is 23.5 Å². The van der Waals surface area contributed by atoms with Crippen LogP contribution in [0.1, 0.15) is 33.6 Å². The average molecular weight is 390 g/mol. The van der Waals surface area contributed by atoms with Gasteiger partial charge < -0.3 is 9.64 Å². The number of halogens is 1. The zero-order valence-corrected chi connectivity index (χ0v) is 16.3. The molecule has 0 aliphatic carbocycles. The zero-order chi connectivity index (χ0) is 18.7. The maximum absolute atomic E-state index is 12.2. The van der Waals surface area contributed by atoms with E-state index < -0.39 is 15.7 Å². The summed E-state index contributed by atoms with van der Waals surface area (Å²) in [5.41, 5.74) is -0.557. The first-order chi connectivity index (χ1) is 11.6. The lowest BCUT2D eigenvalue weighted by Gasteiger charge is -2.33. The van der Waals surface area contributed by atoms with E-state index in [4.69, 9.17) is 20.5 Å². The first kappa shape index (κ1) is 20.0. The molecule has 1 heterocycles. The molecule has 25 heavy (non-hydrogen) atoms. The second kappa shape index (κ2) is 7.93. The highest BCUT2D eigenvalue weighted by atomic mass is 35.5. The molecule has 0 spiro atoms. The normalized spacial score (nSPS) is 18.9. The van der Waals surface area contributed by atoms with Crippen LogP contribution in [0.3, 0.4) is 0 Å². The summed E-state index contributed by atoms with van der Waals surface area (Å²) in [6.45, 7) is 6.50. The smallest absolute Gasteiger partial charge is 0.410 e. The number of rotatable bonds is 4. The third-order valence-electron chi connectivity index (χ3n) is 3.73. The Morgan fingerprint density at radius 2 is 1.92 bits per heavy atom. The van der Waals surface area contributed by atoms with Gasteiger partial charge in [0.05, 0.1) is 11.5 Å². The van der Waals surface area contributed by atoms with Crippen LogP contribution in [0.2, 0.25) is 5.02 Å². The van der Waals surface area contributed by atoms with Gasteiger partial charge in [-0.2, -0.15) is 8.42 Å². The van der Waals surface area contributed by atoms with Crippen molar-refractivity contribution in [3.63, 3.8) is 0 Å². The van der Waals surface area contributed by atoms with Crippen molar-refractivity contribution in [2.45, 2.75) is 44.1 Å². The maximum atomic E-state index is 12.2. The molecule has 0 bridgehead atoms. The van der Waals surface area contributed by atoms with Crippen LogP contribution >= 0.6 is 11.6 Å². The van der Waals surface area contributed by atoms with Gasteiger partial charge in [-0.15, -0.1) is 0 Å². The lowest BCUT2D eigenvalue weighted by Crippen LogP contribution is -2.44. The minimum Gasteiger partial charge on any atom is -0.444 e. The SMILES string of the molecule is CC(C)(C)OC(=O)N1CCC[C@H](COS(=O)(=O)c2ccc(Cl)cc2)C1. The van der Waals surface area contributed by atoms with Crippen molar-refractivity contribution in [1.82, 2.24) is 4.90 Å². The van der Waals surface area contributed by atoms with Crippen LogP contribution in [0.15, 0.2) is 29.2 Å². The molecule has 1 aromatic rings. The minimum atomic E-state index is -3.84. The number of nitrogens with zero attached hydrogens (tertiary/aromatic N) is 1. The third-order valence-corrected chi connectivity index (χ3v) is 5.28. The molecule has 1 amide bonds. The van der Waals surface area contributed by atoms with E-state index in [0.717, 1.165) is 12.8 Å². The van der Waals surface area contributed by atoms with Gasteiger partial charge in [-0.1, -0.05) is 11.6 Å². The molecule has 0 saturated carbocycles. The van der Waals surface area contributed by atoms with Crippen LogP contribution < -0.4 is 0 Å². The van der Waals surface area contributed by atoms with Gasteiger partial charge in [0.25, 0.3) is 10.1 Å². The van der Waals surface area contributed by atoms with Gasteiger partial charge in [-0.25, -0.2) is 4.79 Å². The molecule has 0 radical (unpaired) electrons. The van der Waals surface area contributed by atoms with Crippen LogP contribution in [0.25, 0.3) is 0 Å². The van der Waals surface area contributed by atoms with Crippen molar-refractivity contribution in [1.29, 1.82) is 0 Å². The highest BCUT2D eigenvalue weighted by Gasteiger charge is 2.29. The number of ether oxygens (including phenoxy) is 1. The minimum absolute atomic E-state index is 0.0320. The molecule has 1 aliphatic rings. The molecule has 2 rings (SSSR count). The van der Waals surface area contributed by atoms with Crippen molar-refractivity contribution >= 4 is 27.8 Å². The Morgan fingerprint density at radius 1 is 1.28 bits per heavy atom. The predicted octanol–water partition coefficient (Wildman–Crippen LogP) is 3.69. The van der Waals surface area contributed by atoms with Gasteiger partial charge >= 0.3 is 6.09 Å². The summed E-state index contributed by atoms with van der Waals surface area (Å²) in [4.78, 5) is 13.8. The fraction of sp³-hybridized carbons (Fsp3) is 0.588.